The predicted octanol–water partition coefficient (Wildman–Crippen LogP) is 2.10. The summed E-state index contributed by atoms with van der Waals surface area (Å²) in [6, 6.07) is 7.88. The highest BCUT2D eigenvalue weighted by Crippen LogP contribution is 2.34. The topological polar surface area (TPSA) is 75.6 Å². The second kappa shape index (κ2) is 7.29. The van der Waals surface area contributed by atoms with Gasteiger partial charge in [0.2, 0.25) is 5.91 Å². The van der Waals surface area contributed by atoms with Crippen LogP contribution in [0.1, 0.15) is 25.3 Å². The molecule has 0 heterocycles. The van der Waals surface area contributed by atoms with Crippen molar-refractivity contribution in [3.05, 3.63) is 29.8 Å². The molecular weight excluding hydrogens is 282 g/mol. The summed E-state index contributed by atoms with van der Waals surface area (Å²) in [7, 11) is 1.64. The number of rotatable bonds is 7. The molecule has 2 N–H and O–H groups in total. The van der Waals surface area contributed by atoms with Crippen molar-refractivity contribution in [2.75, 3.05) is 13.7 Å². The van der Waals surface area contributed by atoms with Gasteiger partial charge in [0.15, 0.2) is 0 Å². The van der Waals surface area contributed by atoms with E-state index in [1.165, 1.54) is 5.56 Å². The van der Waals surface area contributed by atoms with Crippen molar-refractivity contribution in [3.8, 4) is 5.75 Å². The molecule has 1 aliphatic carbocycles. The number of carbonyl (C=O) groups is 2. The molecule has 1 aromatic rings. The number of benzene rings is 1. The van der Waals surface area contributed by atoms with Gasteiger partial charge in [-0.25, -0.2) is 0 Å². The average molecular weight is 305 g/mol. The van der Waals surface area contributed by atoms with Gasteiger partial charge in [0.1, 0.15) is 5.75 Å². The van der Waals surface area contributed by atoms with Gasteiger partial charge in [-0.2, -0.15) is 0 Å². The van der Waals surface area contributed by atoms with Gasteiger partial charge in [0.05, 0.1) is 18.9 Å². The number of ether oxygens (including phenoxy) is 1. The average Bonchev–Trinajstić information content (AvgIpc) is 2.44. The van der Waals surface area contributed by atoms with Crippen LogP contribution in [0.15, 0.2) is 24.3 Å². The van der Waals surface area contributed by atoms with Crippen molar-refractivity contribution in [3.63, 3.8) is 0 Å². The van der Waals surface area contributed by atoms with E-state index in [9.17, 15) is 9.59 Å². The molecule has 0 aromatic heterocycles. The van der Waals surface area contributed by atoms with E-state index >= 15 is 0 Å². The molecule has 1 saturated carbocycles. The van der Waals surface area contributed by atoms with E-state index in [-0.39, 0.29) is 11.8 Å². The first kappa shape index (κ1) is 16.3. The van der Waals surface area contributed by atoms with Gasteiger partial charge in [0, 0.05) is 6.54 Å². The van der Waals surface area contributed by atoms with Crippen LogP contribution in [-0.4, -0.2) is 30.6 Å². The Morgan fingerprint density at radius 3 is 2.41 bits per heavy atom. The first-order valence-electron chi connectivity index (χ1n) is 7.64. The van der Waals surface area contributed by atoms with Crippen LogP contribution >= 0.6 is 0 Å². The standard InChI is InChI=1S/C17H23NO4/c1-11(9-12-3-5-13(22-2)6-4-12)10-18-16(19)14-7-8-15(14)17(20)21/h3-6,11,14-15H,7-10H2,1-2H3,(H,18,19)(H,20,21). The second-order valence-electron chi connectivity index (χ2n) is 6.03. The highest BCUT2D eigenvalue weighted by molar-refractivity contribution is 5.86. The molecule has 22 heavy (non-hydrogen) atoms. The lowest BCUT2D eigenvalue weighted by molar-refractivity contribution is -0.152. The number of aliphatic carboxylic acids is 1. The molecular formula is C17H23NO4. The van der Waals surface area contributed by atoms with Crippen molar-refractivity contribution in [1.29, 1.82) is 0 Å². The fraction of sp³-hybridized carbons (Fsp3) is 0.529. The van der Waals surface area contributed by atoms with Crippen molar-refractivity contribution in [1.82, 2.24) is 5.32 Å². The number of amides is 1. The van der Waals surface area contributed by atoms with Crippen LogP contribution in [0.5, 0.6) is 5.75 Å². The number of carboxylic acid groups (broad SMARTS) is 1. The van der Waals surface area contributed by atoms with Gasteiger partial charge in [0.25, 0.3) is 0 Å². The van der Waals surface area contributed by atoms with E-state index in [2.05, 4.69) is 12.2 Å². The van der Waals surface area contributed by atoms with Crippen LogP contribution in [0.4, 0.5) is 0 Å². The Labute approximate surface area is 130 Å². The Morgan fingerprint density at radius 2 is 1.91 bits per heavy atom. The smallest absolute Gasteiger partial charge is 0.307 e. The van der Waals surface area contributed by atoms with E-state index in [1.54, 1.807) is 7.11 Å². The van der Waals surface area contributed by atoms with Gasteiger partial charge in [-0.1, -0.05) is 19.1 Å². The van der Waals surface area contributed by atoms with Gasteiger partial charge >= 0.3 is 5.97 Å². The van der Waals surface area contributed by atoms with E-state index < -0.39 is 11.9 Å². The molecule has 1 aromatic carbocycles. The van der Waals surface area contributed by atoms with Gasteiger partial charge in [-0.05, 0) is 42.9 Å². The van der Waals surface area contributed by atoms with Gasteiger partial charge in [-0.3, -0.25) is 9.59 Å². The van der Waals surface area contributed by atoms with Crippen LogP contribution < -0.4 is 10.1 Å². The predicted molar refractivity (Wildman–Crippen MR) is 82.7 cm³/mol. The Bertz CT molecular complexity index is 526. The Kier molecular flexibility index (Phi) is 5.41. The second-order valence-corrected chi connectivity index (χ2v) is 6.03. The lowest BCUT2D eigenvalue weighted by Gasteiger charge is -2.32. The molecule has 0 saturated heterocycles. The molecule has 120 valence electrons. The van der Waals surface area contributed by atoms with Crippen LogP contribution in [-0.2, 0) is 16.0 Å². The maximum Gasteiger partial charge on any atom is 0.307 e. The van der Waals surface area contributed by atoms with E-state index in [1.807, 2.05) is 24.3 Å². The maximum atomic E-state index is 12.0. The molecule has 5 heteroatoms. The number of carbonyl (C=O) groups excluding carboxylic acids is 1. The van der Waals surface area contributed by atoms with Gasteiger partial charge in [-0.15, -0.1) is 0 Å². The minimum absolute atomic E-state index is 0.125. The summed E-state index contributed by atoms with van der Waals surface area (Å²) >= 11 is 0. The van der Waals surface area contributed by atoms with Crippen molar-refractivity contribution >= 4 is 11.9 Å². The van der Waals surface area contributed by atoms with E-state index in [0.29, 0.717) is 25.3 Å². The number of hydrogen-bond donors (Lipinski definition) is 2. The van der Waals surface area contributed by atoms with Crippen LogP contribution in [0.2, 0.25) is 0 Å². The highest BCUT2D eigenvalue weighted by atomic mass is 16.5. The summed E-state index contributed by atoms with van der Waals surface area (Å²) in [5.74, 6) is -0.726. The minimum Gasteiger partial charge on any atom is -0.497 e. The summed E-state index contributed by atoms with van der Waals surface area (Å²) in [6.45, 7) is 2.63. The molecule has 0 aliphatic heterocycles. The Hall–Kier alpha value is -2.04. The molecule has 1 aliphatic rings. The zero-order valence-electron chi connectivity index (χ0n) is 13.0. The van der Waals surface area contributed by atoms with Crippen LogP contribution in [0.25, 0.3) is 0 Å². The monoisotopic (exact) mass is 305 g/mol. The zero-order valence-corrected chi connectivity index (χ0v) is 13.0. The number of carboxylic acids is 1. The van der Waals surface area contributed by atoms with Crippen molar-refractivity contribution < 1.29 is 19.4 Å². The summed E-state index contributed by atoms with van der Waals surface area (Å²) in [5, 5.41) is 11.9. The first-order chi connectivity index (χ1) is 10.5. The molecule has 1 fully saturated rings. The number of hydrogen-bond acceptors (Lipinski definition) is 3. The van der Waals surface area contributed by atoms with Gasteiger partial charge < -0.3 is 15.2 Å². The SMILES string of the molecule is COc1ccc(CC(C)CNC(=O)C2CCC2C(=O)O)cc1. The Morgan fingerprint density at radius 1 is 1.27 bits per heavy atom. The quantitative estimate of drug-likeness (QED) is 0.809. The maximum absolute atomic E-state index is 12.0. The van der Waals surface area contributed by atoms with E-state index in [0.717, 1.165) is 12.2 Å². The fourth-order valence-electron chi connectivity index (χ4n) is 2.75. The van der Waals surface area contributed by atoms with E-state index in [4.69, 9.17) is 9.84 Å². The number of methoxy groups -OCH3 is 1. The summed E-state index contributed by atoms with van der Waals surface area (Å²) in [6.07, 6.45) is 2.14. The third kappa shape index (κ3) is 4.00. The fourth-order valence-corrected chi connectivity index (χ4v) is 2.75. The minimum atomic E-state index is -0.863. The third-order valence-electron chi connectivity index (χ3n) is 4.30. The summed E-state index contributed by atoms with van der Waals surface area (Å²) < 4.78 is 5.12. The zero-order chi connectivity index (χ0) is 16.1. The lowest BCUT2D eigenvalue weighted by atomic mass is 9.73. The highest BCUT2D eigenvalue weighted by Gasteiger charge is 2.41. The largest absolute Gasteiger partial charge is 0.497 e. The van der Waals surface area contributed by atoms with Crippen LogP contribution in [0, 0.1) is 17.8 Å². The molecule has 3 unspecified atom stereocenters. The summed E-state index contributed by atoms with van der Waals surface area (Å²) in [5.41, 5.74) is 1.19. The first-order valence-corrected chi connectivity index (χ1v) is 7.64. The van der Waals surface area contributed by atoms with Crippen LogP contribution in [0.3, 0.4) is 0 Å². The lowest BCUT2D eigenvalue weighted by Crippen LogP contribution is -2.45. The molecule has 0 radical (unpaired) electrons. The van der Waals surface area contributed by atoms with Crippen molar-refractivity contribution in [2.24, 2.45) is 17.8 Å². The normalized spacial score (nSPS) is 21.5. The molecule has 0 spiro atoms. The molecule has 5 nitrogen and oxygen atoms in total. The molecule has 1 amide bonds. The third-order valence-corrected chi connectivity index (χ3v) is 4.30. The Balaban J connectivity index is 1.76. The molecule has 2 rings (SSSR count). The molecule has 0 bridgehead atoms. The molecule has 3 atom stereocenters. The summed E-state index contributed by atoms with van der Waals surface area (Å²) in [4.78, 5) is 22.9. The van der Waals surface area contributed by atoms with Crippen molar-refractivity contribution in [2.45, 2.75) is 26.2 Å². The number of nitrogens with one attached hydrogen (secondary N) is 1.